The lowest BCUT2D eigenvalue weighted by atomic mass is 10.1. The number of rotatable bonds is 4. The zero-order valence-electron chi connectivity index (χ0n) is 13.9. The number of ether oxygens (including phenoxy) is 2. The van der Waals surface area contributed by atoms with Gasteiger partial charge >= 0.3 is 0 Å². The lowest BCUT2D eigenvalue weighted by Gasteiger charge is -2.10. The van der Waals surface area contributed by atoms with Gasteiger partial charge in [-0.15, -0.1) is 0 Å². The molecule has 1 heterocycles. The lowest BCUT2D eigenvalue weighted by Crippen LogP contribution is -1.95. The third kappa shape index (κ3) is 2.46. The second kappa shape index (κ2) is 5.87. The maximum atomic E-state index is 8.89. The average molecular weight is 332 g/mol. The summed E-state index contributed by atoms with van der Waals surface area (Å²) in [4.78, 5) is 0. The fraction of sp³-hybridized carbons (Fsp3) is 0.158. The van der Waals surface area contributed by atoms with Crippen molar-refractivity contribution in [2.45, 2.75) is 6.42 Å². The topological polar surface area (TPSA) is 83.0 Å². The molecular weight excluding hydrogens is 316 g/mol. The van der Waals surface area contributed by atoms with Gasteiger partial charge in [-0.05, 0) is 42.0 Å². The van der Waals surface area contributed by atoms with Gasteiger partial charge in [0.2, 0.25) is 0 Å². The molecule has 0 unspecified atom stereocenters. The maximum Gasteiger partial charge on any atom is 0.161 e. The largest absolute Gasteiger partial charge is 0.493 e. The molecule has 0 fully saturated rings. The van der Waals surface area contributed by atoms with E-state index in [1.807, 2.05) is 24.3 Å². The Bertz CT molecular complexity index is 984. The monoisotopic (exact) mass is 332 g/mol. The Morgan fingerprint density at radius 2 is 1.84 bits per heavy atom. The maximum absolute atomic E-state index is 8.89. The van der Waals surface area contributed by atoms with Crippen molar-refractivity contribution < 1.29 is 9.47 Å². The molecule has 124 valence electrons. The quantitative estimate of drug-likeness (QED) is 0.596. The van der Waals surface area contributed by atoms with Crippen molar-refractivity contribution in [1.82, 2.24) is 10.2 Å². The van der Waals surface area contributed by atoms with E-state index >= 15 is 0 Å². The molecule has 0 spiro atoms. The predicted molar refractivity (Wildman–Crippen MR) is 94.4 cm³/mol. The third-order valence-electron chi connectivity index (χ3n) is 4.39. The molecule has 6 nitrogen and oxygen atoms in total. The number of fused-ring (bicyclic) bond motifs is 3. The van der Waals surface area contributed by atoms with Crippen LogP contribution in [0.5, 0.6) is 11.5 Å². The van der Waals surface area contributed by atoms with Crippen LogP contribution in [0.4, 0.5) is 11.5 Å². The first kappa shape index (κ1) is 15.1. The summed E-state index contributed by atoms with van der Waals surface area (Å²) in [5, 5.41) is 19.7. The Labute approximate surface area is 145 Å². The normalized spacial score (nSPS) is 11.4. The molecule has 3 aromatic rings. The van der Waals surface area contributed by atoms with E-state index in [4.69, 9.17) is 14.7 Å². The van der Waals surface area contributed by atoms with Gasteiger partial charge in [-0.3, -0.25) is 5.10 Å². The van der Waals surface area contributed by atoms with Gasteiger partial charge in [0.25, 0.3) is 0 Å². The zero-order valence-corrected chi connectivity index (χ0v) is 13.9. The van der Waals surface area contributed by atoms with E-state index in [2.05, 4.69) is 21.6 Å². The number of nitriles is 1. The highest BCUT2D eigenvalue weighted by atomic mass is 16.5. The second-order valence-electron chi connectivity index (χ2n) is 5.78. The van der Waals surface area contributed by atoms with Crippen LogP contribution < -0.4 is 14.8 Å². The Hall–Kier alpha value is -3.46. The van der Waals surface area contributed by atoms with E-state index in [0.717, 1.165) is 40.5 Å². The molecule has 1 aromatic heterocycles. The summed E-state index contributed by atoms with van der Waals surface area (Å²) in [6.45, 7) is 0. The van der Waals surface area contributed by atoms with Crippen LogP contribution in [0, 0.1) is 11.3 Å². The highest BCUT2D eigenvalue weighted by Crippen LogP contribution is 2.44. The Morgan fingerprint density at radius 3 is 2.52 bits per heavy atom. The molecule has 2 N–H and O–H groups in total. The summed E-state index contributed by atoms with van der Waals surface area (Å²) in [5.74, 6) is 2.21. The Kier molecular flexibility index (Phi) is 3.55. The van der Waals surface area contributed by atoms with Crippen LogP contribution in [0.3, 0.4) is 0 Å². The van der Waals surface area contributed by atoms with Crippen molar-refractivity contribution in [1.29, 1.82) is 5.26 Å². The summed E-state index contributed by atoms with van der Waals surface area (Å²) in [6, 6.07) is 13.4. The number of aromatic nitrogens is 2. The van der Waals surface area contributed by atoms with E-state index in [9.17, 15) is 0 Å². The zero-order chi connectivity index (χ0) is 17.4. The van der Waals surface area contributed by atoms with Gasteiger partial charge in [-0.25, -0.2) is 0 Å². The van der Waals surface area contributed by atoms with Crippen molar-refractivity contribution >= 4 is 11.5 Å². The molecule has 0 aliphatic heterocycles. The Morgan fingerprint density at radius 1 is 1.12 bits per heavy atom. The van der Waals surface area contributed by atoms with Crippen LogP contribution in [0.2, 0.25) is 0 Å². The average Bonchev–Trinajstić information content (AvgIpc) is 3.20. The van der Waals surface area contributed by atoms with Crippen molar-refractivity contribution in [3.8, 4) is 28.8 Å². The number of hydrogen-bond acceptors (Lipinski definition) is 5. The number of benzene rings is 2. The van der Waals surface area contributed by atoms with Crippen molar-refractivity contribution in [3.05, 3.63) is 53.1 Å². The molecule has 25 heavy (non-hydrogen) atoms. The lowest BCUT2D eigenvalue weighted by molar-refractivity contribution is 0.355. The van der Waals surface area contributed by atoms with E-state index in [1.165, 1.54) is 5.56 Å². The smallest absolute Gasteiger partial charge is 0.161 e. The SMILES string of the molecule is COc1cc2c(cc1OC)-c1[nH]nc(Nc3ccc(C#N)cc3)c1C2. The molecule has 0 amide bonds. The summed E-state index contributed by atoms with van der Waals surface area (Å²) >= 11 is 0. The predicted octanol–water partition coefficient (Wildman–Crippen LogP) is 3.61. The molecule has 1 aliphatic rings. The minimum Gasteiger partial charge on any atom is -0.493 e. The molecule has 0 bridgehead atoms. The van der Waals surface area contributed by atoms with Crippen LogP contribution in [0.1, 0.15) is 16.7 Å². The van der Waals surface area contributed by atoms with Crippen LogP contribution >= 0.6 is 0 Å². The van der Waals surface area contributed by atoms with E-state index in [-0.39, 0.29) is 0 Å². The number of methoxy groups -OCH3 is 2. The molecule has 1 aliphatic carbocycles. The van der Waals surface area contributed by atoms with Crippen LogP contribution in [0.15, 0.2) is 36.4 Å². The molecule has 0 radical (unpaired) electrons. The van der Waals surface area contributed by atoms with Crippen molar-refractivity contribution in [3.63, 3.8) is 0 Å². The van der Waals surface area contributed by atoms with Gasteiger partial charge in [0.05, 0.1) is 31.5 Å². The third-order valence-corrected chi connectivity index (χ3v) is 4.39. The standard InChI is InChI=1S/C19H16N4O2/c1-24-16-8-12-7-15-18(14(12)9-17(16)25-2)22-23-19(15)21-13-5-3-11(10-20)4-6-13/h3-6,8-9H,7H2,1-2H3,(H2,21,22,23). The van der Waals surface area contributed by atoms with Gasteiger partial charge in [0, 0.05) is 23.2 Å². The van der Waals surface area contributed by atoms with Crippen LogP contribution in [-0.2, 0) is 6.42 Å². The highest BCUT2D eigenvalue weighted by molar-refractivity contribution is 5.81. The summed E-state index contributed by atoms with van der Waals surface area (Å²) in [5.41, 5.74) is 5.86. The molecule has 6 heteroatoms. The summed E-state index contributed by atoms with van der Waals surface area (Å²) < 4.78 is 10.8. The number of hydrogen-bond donors (Lipinski definition) is 2. The number of anilines is 2. The highest BCUT2D eigenvalue weighted by Gasteiger charge is 2.26. The van der Waals surface area contributed by atoms with E-state index in [0.29, 0.717) is 11.3 Å². The van der Waals surface area contributed by atoms with Gasteiger partial charge in [-0.2, -0.15) is 10.4 Å². The number of nitrogens with zero attached hydrogens (tertiary/aromatic N) is 2. The van der Waals surface area contributed by atoms with E-state index in [1.54, 1.807) is 26.4 Å². The molecular formula is C19H16N4O2. The van der Waals surface area contributed by atoms with Gasteiger partial charge in [0.15, 0.2) is 17.3 Å². The first-order chi connectivity index (χ1) is 12.2. The van der Waals surface area contributed by atoms with Gasteiger partial charge in [0.1, 0.15) is 0 Å². The second-order valence-corrected chi connectivity index (χ2v) is 5.78. The molecule has 2 aromatic carbocycles. The molecule has 0 saturated carbocycles. The van der Waals surface area contributed by atoms with E-state index < -0.39 is 0 Å². The summed E-state index contributed by atoms with van der Waals surface area (Å²) in [6.07, 6.45) is 0.764. The van der Waals surface area contributed by atoms with Crippen molar-refractivity contribution in [2.24, 2.45) is 0 Å². The minimum atomic E-state index is 0.629. The molecule has 0 atom stereocenters. The van der Waals surface area contributed by atoms with Crippen LogP contribution in [0.25, 0.3) is 11.3 Å². The number of nitrogens with one attached hydrogen (secondary N) is 2. The molecule has 4 rings (SSSR count). The fourth-order valence-electron chi connectivity index (χ4n) is 3.12. The van der Waals surface area contributed by atoms with Gasteiger partial charge < -0.3 is 14.8 Å². The first-order valence-electron chi connectivity index (χ1n) is 7.83. The van der Waals surface area contributed by atoms with Crippen molar-refractivity contribution in [2.75, 3.05) is 19.5 Å². The Balaban J connectivity index is 1.67. The number of H-pyrrole nitrogens is 1. The summed E-state index contributed by atoms with van der Waals surface area (Å²) in [7, 11) is 3.27. The molecule has 0 saturated heterocycles. The van der Waals surface area contributed by atoms with Crippen LogP contribution in [-0.4, -0.2) is 24.4 Å². The minimum absolute atomic E-state index is 0.629. The fourth-order valence-corrected chi connectivity index (χ4v) is 3.12. The number of aromatic amines is 1. The van der Waals surface area contributed by atoms with Gasteiger partial charge in [-0.1, -0.05) is 0 Å². The first-order valence-corrected chi connectivity index (χ1v) is 7.83.